The van der Waals surface area contributed by atoms with Crippen molar-refractivity contribution in [2.24, 2.45) is 0 Å². The predicted molar refractivity (Wildman–Crippen MR) is 178 cm³/mol. The Balaban J connectivity index is 1.05. The standard InChI is InChI=1S/C33H38N4O2S2/c38-23-21-36-18-13-30(14-19-36)2-1-28-5-9-32(10-6-28)34-16-25-40-41-26-17-35-33-11-7-29(8-12-33)3-4-31-15-20-37(27-31)22-24-39/h1-15,18-20,27,35,38-39H,16-17,21-26H2/p+1/b4-3+. The summed E-state index contributed by atoms with van der Waals surface area (Å²) in [4.78, 5) is 0. The molecule has 0 amide bonds. The van der Waals surface area contributed by atoms with Crippen molar-refractivity contribution in [3.8, 4) is 0 Å². The molecule has 0 spiro atoms. The van der Waals surface area contributed by atoms with Crippen molar-refractivity contribution in [1.29, 1.82) is 0 Å². The van der Waals surface area contributed by atoms with Gasteiger partial charge in [-0.25, -0.2) is 4.57 Å². The minimum absolute atomic E-state index is 0.149. The van der Waals surface area contributed by atoms with E-state index in [9.17, 15) is 0 Å². The lowest BCUT2D eigenvalue weighted by atomic mass is 10.1. The molecule has 4 rings (SSSR count). The number of aromatic nitrogens is 2. The van der Waals surface area contributed by atoms with Crippen molar-refractivity contribution in [3.05, 3.63) is 114 Å². The maximum absolute atomic E-state index is 9.03. The quantitative estimate of drug-likeness (QED) is 0.0690. The lowest BCUT2D eigenvalue weighted by molar-refractivity contribution is -0.698. The van der Waals surface area contributed by atoms with Crippen molar-refractivity contribution in [3.63, 3.8) is 0 Å². The van der Waals surface area contributed by atoms with Crippen LogP contribution < -0.4 is 15.2 Å². The van der Waals surface area contributed by atoms with Gasteiger partial charge in [0, 0.05) is 67.0 Å². The van der Waals surface area contributed by atoms with E-state index in [0.717, 1.165) is 58.2 Å². The molecular formula is C33H39N4O2S2+. The third-order valence-electron chi connectivity index (χ3n) is 6.28. The summed E-state index contributed by atoms with van der Waals surface area (Å²) in [6, 6.07) is 23.1. The van der Waals surface area contributed by atoms with Crippen LogP contribution >= 0.6 is 21.6 Å². The molecule has 6 nitrogen and oxygen atoms in total. The normalized spacial score (nSPS) is 11.5. The van der Waals surface area contributed by atoms with Crippen molar-refractivity contribution in [2.45, 2.75) is 13.1 Å². The lowest BCUT2D eigenvalue weighted by Crippen LogP contribution is -2.34. The van der Waals surface area contributed by atoms with E-state index in [-0.39, 0.29) is 13.2 Å². The molecule has 0 aliphatic heterocycles. The molecule has 2 heterocycles. The third-order valence-corrected chi connectivity index (χ3v) is 8.69. The van der Waals surface area contributed by atoms with Crippen LogP contribution in [0.2, 0.25) is 0 Å². The summed E-state index contributed by atoms with van der Waals surface area (Å²) in [5.41, 5.74) is 6.86. The van der Waals surface area contributed by atoms with Gasteiger partial charge in [-0.1, -0.05) is 70.2 Å². The van der Waals surface area contributed by atoms with Crippen LogP contribution in [0.25, 0.3) is 24.3 Å². The summed E-state index contributed by atoms with van der Waals surface area (Å²) in [6.45, 7) is 3.40. The maximum atomic E-state index is 9.03. The van der Waals surface area contributed by atoms with E-state index in [4.69, 9.17) is 10.2 Å². The number of hydrogen-bond donors (Lipinski definition) is 4. The highest BCUT2D eigenvalue weighted by Gasteiger charge is 1.99. The highest BCUT2D eigenvalue weighted by molar-refractivity contribution is 8.76. The molecule has 0 fully saturated rings. The second-order valence-electron chi connectivity index (χ2n) is 9.41. The van der Waals surface area contributed by atoms with Crippen LogP contribution in [-0.2, 0) is 13.1 Å². The van der Waals surface area contributed by atoms with E-state index in [1.54, 1.807) is 0 Å². The summed E-state index contributed by atoms with van der Waals surface area (Å²) in [5, 5.41) is 25.0. The van der Waals surface area contributed by atoms with Crippen LogP contribution in [0.1, 0.15) is 22.3 Å². The van der Waals surface area contributed by atoms with Crippen LogP contribution in [0.4, 0.5) is 11.4 Å². The average molecular weight is 588 g/mol. The third kappa shape index (κ3) is 11.2. The van der Waals surface area contributed by atoms with Gasteiger partial charge in [-0.15, -0.1) is 0 Å². The number of aliphatic hydroxyl groups is 2. The predicted octanol–water partition coefficient (Wildman–Crippen LogP) is 6.01. The van der Waals surface area contributed by atoms with Gasteiger partial charge in [-0.3, -0.25) is 0 Å². The molecule has 0 aliphatic carbocycles. The molecule has 0 atom stereocenters. The van der Waals surface area contributed by atoms with Gasteiger partial charge in [0.1, 0.15) is 6.61 Å². The first-order valence-corrected chi connectivity index (χ1v) is 16.4. The fourth-order valence-electron chi connectivity index (χ4n) is 4.06. The first-order chi connectivity index (χ1) is 20.2. The number of hydrogen-bond acceptors (Lipinski definition) is 6. The number of benzene rings is 2. The van der Waals surface area contributed by atoms with Gasteiger partial charge < -0.3 is 25.4 Å². The molecule has 0 aliphatic rings. The summed E-state index contributed by atoms with van der Waals surface area (Å²) in [7, 11) is 3.79. The Hall–Kier alpha value is -3.43. The SMILES string of the molecule is OCCn1ccc(/C=C/c2ccc(NCCSSCCNc3ccc(/C=C/c4cc[n+](CCO)cc4)cc3)cc2)c1. The Morgan fingerprint density at radius 2 is 1.15 bits per heavy atom. The van der Waals surface area contributed by atoms with E-state index in [1.165, 1.54) is 0 Å². The summed E-state index contributed by atoms with van der Waals surface area (Å²) >= 11 is 0. The molecular weight excluding hydrogens is 549 g/mol. The van der Waals surface area contributed by atoms with E-state index < -0.39 is 0 Å². The van der Waals surface area contributed by atoms with Gasteiger partial charge in [-0.05, 0) is 52.6 Å². The van der Waals surface area contributed by atoms with Gasteiger partial charge in [0.05, 0.1) is 6.61 Å². The average Bonchev–Trinajstić information content (AvgIpc) is 3.46. The zero-order valence-corrected chi connectivity index (χ0v) is 24.9. The van der Waals surface area contributed by atoms with Crippen LogP contribution in [0.3, 0.4) is 0 Å². The summed E-state index contributed by atoms with van der Waals surface area (Å²) in [6.07, 6.45) is 16.4. The Bertz CT molecular complexity index is 1350. The molecule has 0 radical (unpaired) electrons. The van der Waals surface area contributed by atoms with Crippen molar-refractivity contribution < 1.29 is 14.8 Å². The molecule has 0 unspecified atom stereocenters. The van der Waals surface area contributed by atoms with Crippen LogP contribution in [0.15, 0.2) is 91.5 Å². The molecule has 0 saturated carbocycles. The summed E-state index contributed by atoms with van der Waals surface area (Å²) in [5.74, 6) is 2.09. The fourth-order valence-corrected chi connectivity index (χ4v) is 5.87. The summed E-state index contributed by atoms with van der Waals surface area (Å²) < 4.78 is 3.95. The molecule has 4 aromatic rings. The minimum atomic E-state index is 0.149. The molecule has 8 heteroatoms. The minimum Gasteiger partial charge on any atom is -0.395 e. The zero-order valence-electron chi connectivity index (χ0n) is 23.2. The van der Waals surface area contributed by atoms with Gasteiger partial charge >= 0.3 is 0 Å². The first kappa shape index (κ1) is 30.5. The topological polar surface area (TPSA) is 73.3 Å². The second-order valence-corrected chi connectivity index (χ2v) is 12.1. The molecule has 2 aromatic heterocycles. The van der Waals surface area contributed by atoms with Crippen molar-refractivity contribution in [1.82, 2.24) is 4.57 Å². The van der Waals surface area contributed by atoms with E-state index in [0.29, 0.717) is 13.1 Å². The van der Waals surface area contributed by atoms with Crippen molar-refractivity contribution >= 4 is 57.3 Å². The number of nitrogens with one attached hydrogen (secondary N) is 2. The van der Waals surface area contributed by atoms with Crippen LogP contribution in [0, 0.1) is 0 Å². The highest BCUT2D eigenvalue weighted by atomic mass is 33.1. The largest absolute Gasteiger partial charge is 0.395 e. The number of aliphatic hydroxyl groups excluding tert-OH is 2. The Morgan fingerprint density at radius 1 is 0.634 bits per heavy atom. The van der Waals surface area contributed by atoms with Gasteiger partial charge in [0.15, 0.2) is 18.9 Å². The van der Waals surface area contributed by atoms with E-state index in [2.05, 4.69) is 83.5 Å². The van der Waals surface area contributed by atoms with Gasteiger partial charge in [0.25, 0.3) is 0 Å². The number of nitrogens with zero attached hydrogens (tertiary/aromatic N) is 2. The monoisotopic (exact) mass is 587 g/mol. The molecule has 214 valence electrons. The maximum Gasteiger partial charge on any atom is 0.171 e. The number of anilines is 2. The molecule has 0 saturated heterocycles. The number of rotatable bonds is 17. The second kappa shape index (κ2) is 17.4. The Morgan fingerprint density at radius 3 is 1.66 bits per heavy atom. The molecule has 4 N–H and O–H groups in total. The van der Waals surface area contributed by atoms with Crippen molar-refractivity contribution in [2.75, 3.05) is 48.4 Å². The van der Waals surface area contributed by atoms with E-state index >= 15 is 0 Å². The lowest BCUT2D eigenvalue weighted by Gasteiger charge is -2.08. The smallest absolute Gasteiger partial charge is 0.171 e. The highest BCUT2D eigenvalue weighted by Crippen LogP contribution is 2.21. The Labute approximate surface area is 251 Å². The van der Waals surface area contributed by atoms with Crippen LogP contribution in [-0.4, -0.2) is 52.6 Å². The molecule has 2 aromatic carbocycles. The van der Waals surface area contributed by atoms with Gasteiger partial charge in [0.2, 0.25) is 0 Å². The Kier molecular flexibility index (Phi) is 13.0. The number of pyridine rings is 1. The first-order valence-electron chi connectivity index (χ1n) is 13.9. The fraction of sp³-hybridized carbons (Fsp3) is 0.242. The van der Waals surface area contributed by atoms with E-state index in [1.807, 2.05) is 73.7 Å². The van der Waals surface area contributed by atoms with Gasteiger partial charge in [-0.2, -0.15) is 0 Å². The molecule has 0 bridgehead atoms. The van der Waals surface area contributed by atoms with Crippen LogP contribution in [0.5, 0.6) is 0 Å². The molecule has 41 heavy (non-hydrogen) atoms. The zero-order chi connectivity index (χ0) is 28.5.